The Bertz CT molecular complexity index is 86.8. The third-order valence-corrected chi connectivity index (χ3v) is 1.07. The van der Waals surface area contributed by atoms with Crippen LogP contribution in [0.15, 0.2) is 0 Å². The number of rotatable bonds is 4. The maximum Gasteiger partial charge on any atom is 0.151 e. The number of hydrogen-bond donors (Lipinski definition) is 2. The summed E-state index contributed by atoms with van der Waals surface area (Å²) in [6, 6.07) is 0. The summed E-state index contributed by atoms with van der Waals surface area (Å²) in [5.74, 6) is 0. The molecule has 0 aliphatic heterocycles. The van der Waals surface area contributed by atoms with E-state index in [9.17, 15) is 0 Å². The van der Waals surface area contributed by atoms with Gasteiger partial charge in [-0.05, 0) is 18.3 Å². The molecule has 0 heterocycles. The smallest absolute Gasteiger partial charge is 0.151 e. The molecule has 0 radical (unpaired) electrons. The van der Waals surface area contributed by atoms with Gasteiger partial charge in [0.15, 0.2) is 6.29 Å². The fraction of sp³-hybridized carbons (Fsp3) is 1.00. The van der Waals surface area contributed by atoms with E-state index in [4.69, 9.17) is 10.2 Å². The second-order valence-corrected chi connectivity index (χ2v) is 4.98. The third-order valence-electron chi connectivity index (χ3n) is 1.07. The molecule has 0 atom stereocenters. The fourth-order valence-electron chi connectivity index (χ4n) is 0.577. The summed E-state index contributed by atoms with van der Waals surface area (Å²) < 4.78 is 0. The molecule has 2 heteroatoms. The predicted octanol–water partition coefficient (Wildman–Crippen LogP) is 2.93. The molecule has 0 saturated heterocycles. The van der Waals surface area contributed by atoms with E-state index in [1.165, 1.54) is 0 Å². The molecule has 0 unspecified atom stereocenters. The van der Waals surface area contributed by atoms with Gasteiger partial charge in [0.2, 0.25) is 0 Å². The van der Waals surface area contributed by atoms with Gasteiger partial charge in [-0.15, -0.1) is 0 Å². The zero-order valence-corrected chi connectivity index (χ0v) is 9.80. The topological polar surface area (TPSA) is 40.5 Å². The Morgan fingerprint density at radius 3 is 1.62 bits per heavy atom. The maximum atomic E-state index is 8.33. The molecular weight excluding hydrogens is 164 g/mol. The number of aliphatic hydroxyl groups is 2. The largest absolute Gasteiger partial charge is 0.368 e. The van der Waals surface area contributed by atoms with Crippen LogP contribution in [0.2, 0.25) is 0 Å². The Balaban J connectivity index is 0. The van der Waals surface area contributed by atoms with Crippen molar-refractivity contribution < 1.29 is 10.2 Å². The van der Waals surface area contributed by atoms with E-state index < -0.39 is 6.29 Å². The zero-order valence-electron chi connectivity index (χ0n) is 9.80. The molecular formula is C11H26O2. The summed E-state index contributed by atoms with van der Waals surface area (Å²) >= 11 is 0. The zero-order chi connectivity index (χ0) is 10.9. The predicted molar refractivity (Wildman–Crippen MR) is 57.5 cm³/mol. The lowest BCUT2D eigenvalue weighted by molar-refractivity contribution is -0.0465. The van der Waals surface area contributed by atoms with E-state index in [-0.39, 0.29) is 0 Å². The van der Waals surface area contributed by atoms with Crippen LogP contribution in [0.5, 0.6) is 0 Å². The quantitative estimate of drug-likeness (QED) is 0.528. The van der Waals surface area contributed by atoms with Crippen LogP contribution in [0.1, 0.15) is 60.3 Å². The normalized spacial score (nSPS) is 11.1. The van der Waals surface area contributed by atoms with Crippen molar-refractivity contribution in [2.24, 2.45) is 5.41 Å². The van der Waals surface area contributed by atoms with Crippen molar-refractivity contribution in [3.05, 3.63) is 0 Å². The molecule has 0 bridgehead atoms. The van der Waals surface area contributed by atoms with Crippen LogP contribution in [0.4, 0.5) is 0 Å². The molecule has 0 spiro atoms. The molecule has 0 aromatic carbocycles. The molecule has 0 rings (SSSR count). The Labute approximate surface area is 83.0 Å². The van der Waals surface area contributed by atoms with Gasteiger partial charge >= 0.3 is 0 Å². The van der Waals surface area contributed by atoms with Gasteiger partial charge in [-0.25, -0.2) is 0 Å². The molecule has 0 aromatic heterocycles. The molecule has 0 fully saturated rings. The van der Waals surface area contributed by atoms with Crippen LogP contribution in [0.25, 0.3) is 0 Å². The fourth-order valence-corrected chi connectivity index (χ4v) is 0.577. The van der Waals surface area contributed by atoms with Crippen LogP contribution in [0.3, 0.4) is 0 Å². The molecule has 2 nitrogen and oxygen atoms in total. The van der Waals surface area contributed by atoms with Crippen LogP contribution in [-0.2, 0) is 0 Å². The van der Waals surface area contributed by atoms with E-state index in [1.54, 1.807) is 0 Å². The van der Waals surface area contributed by atoms with Gasteiger partial charge in [0.1, 0.15) is 0 Å². The highest BCUT2D eigenvalue weighted by Crippen LogP contribution is 2.08. The SMILES string of the molecule is CC(C)(C)C.CCCCCC(O)O. The van der Waals surface area contributed by atoms with Crippen LogP contribution < -0.4 is 0 Å². The lowest BCUT2D eigenvalue weighted by Crippen LogP contribution is -2.02. The first-order valence-corrected chi connectivity index (χ1v) is 5.13. The first-order chi connectivity index (χ1) is 5.77. The molecule has 0 aromatic rings. The summed E-state index contributed by atoms with van der Waals surface area (Å²) in [4.78, 5) is 0. The van der Waals surface area contributed by atoms with Crippen molar-refractivity contribution in [3.63, 3.8) is 0 Å². The average molecular weight is 190 g/mol. The monoisotopic (exact) mass is 190 g/mol. The second kappa shape index (κ2) is 8.52. The summed E-state index contributed by atoms with van der Waals surface area (Å²) in [5.41, 5.74) is 0.500. The summed E-state index contributed by atoms with van der Waals surface area (Å²) in [6.45, 7) is 10.8. The van der Waals surface area contributed by atoms with Gasteiger partial charge in [0, 0.05) is 0 Å². The van der Waals surface area contributed by atoms with Gasteiger partial charge in [0.25, 0.3) is 0 Å². The molecule has 0 amide bonds. The van der Waals surface area contributed by atoms with Crippen LogP contribution >= 0.6 is 0 Å². The van der Waals surface area contributed by atoms with Gasteiger partial charge < -0.3 is 10.2 Å². The van der Waals surface area contributed by atoms with E-state index in [1.807, 2.05) is 0 Å². The maximum absolute atomic E-state index is 8.33. The second-order valence-electron chi connectivity index (χ2n) is 4.98. The van der Waals surface area contributed by atoms with E-state index in [0.29, 0.717) is 11.8 Å². The van der Waals surface area contributed by atoms with Crippen molar-refractivity contribution >= 4 is 0 Å². The van der Waals surface area contributed by atoms with Crippen molar-refractivity contribution in [1.82, 2.24) is 0 Å². The van der Waals surface area contributed by atoms with Gasteiger partial charge in [-0.2, -0.15) is 0 Å². The number of aliphatic hydroxyl groups excluding tert-OH is 1. The van der Waals surface area contributed by atoms with E-state index in [2.05, 4.69) is 34.6 Å². The Hall–Kier alpha value is -0.0800. The summed E-state index contributed by atoms with van der Waals surface area (Å²) in [7, 11) is 0. The number of unbranched alkanes of at least 4 members (excludes halogenated alkanes) is 2. The minimum Gasteiger partial charge on any atom is -0.368 e. The van der Waals surface area contributed by atoms with E-state index in [0.717, 1.165) is 19.3 Å². The molecule has 0 aliphatic rings. The highest BCUT2D eigenvalue weighted by molar-refractivity contribution is 4.47. The van der Waals surface area contributed by atoms with Gasteiger partial charge in [-0.3, -0.25) is 0 Å². The average Bonchev–Trinajstić information content (AvgIpc) is 1.83. The van der Waals surface area contributed by atoms with Crippen molar-refractivity contribution in [3.8, 4) is 0 Å². The lowest BCUT2D eigenvalue weighted by Gasteiger charge is -2.05. The highest BCUT2D eigenvalue weighted by Gasteiger charge is 1.95. The highest BCUT2D eigenvalue weighted by atomic mass is 16.5. The third kappa shape index (κ3) is 48.5. The first-order valence-electron chi connectivity index (χ1n) is 5.13. The van der Waals surface area contributed by atoms with Gasteiger partial charge in [0.05, 0.1) is 0 Å². The Kier molecular flexibility index (Phi) is 10.1. The van der Waals surface area contributed by atoms with Crippen LogP contribution in [-0.4, -0.2) is 16.5 Å². The van der Waals surface area contributed by atoms with Gasteiger partial charge in [-0.1, -0.05) is 47.5 Å². The Morgan fingerprint density at radius 2 is 1.38 bits per heavy atom. The molecule has 82 valence electrons. The van der Waals surface area contributed by atoms with Crippen molar-refractivity contribution in [2.75, 3.05) is 0 Å². The van der Waals surface area contributed by atoms with Crippen molar-refractivity contribution in [1.29, 1.82) is 0 Å². The Morgan fingerprint density at radius 1 is 1.00 bits per heavy atom. The lowest BCUT2D eigenvalue weighted by atomic mass is 10.0. The van der Waals surface area contributed by atoms with E-state index >= 15 is 0 Å². The van der Waals surface area contributed by atoms with Crippen molar-refractivity contribution in [2.45, 2.75) is 66.6 Å². The minimum absolute atomic E-state index is 0.500. The standard InChI is InChI=1S/C6H14O2.C5H12/c1-2-3-4-5-6(7)8;1-5(2,3)4/h6-8H,2-5H2,1H3;1-4H3. The molecule has 0 aliphatic carbocycles. The molecule has 13 heavy (non-hydrogen) atoms. The minimum atomic E-state index is -1.10. The summed E-state index contributed by atoms with van der Waals surface area (Å²) in [6.07, 6.45) is 2.58. The first kappa shape index (κ1) is 15.4. The molecule has 2 N–H and O–H groups in total. The van der Waals surface area contributed by atoms with Crippen LogP contribution in [0, 0.1) is 5.41 Å². The summed E-state index contributed by atoms with van der Waals surface area (Å²) in [5, 5.41) is 16.7. The molecule has 0 saturated carbocycles. The number of hydrogen-bond acceptors (Lipinski definition) is 2.